The molecule has 2 aromatic carbocycles. The van der Waals surface area contributed by atoms with E-state index in [9.17, 15) is 4.79 Å². The predicted molar refractivity (Wildman–Crippen MR) is 115 cm³/mol. The van der Waals surface area contributed by atoms with Gasteiger partial charge in [-0.25, -0.2) is 4.98 Å². The molecule has 0 fully saturated rings. The lowest BCUT2D eigenvalue weighted by Crippen LogP contribution is -2.11. The van der Waals surface area contributed by atoms with Gasteiger partial charge in [0.1, 0.15) is 5.75 Å². The van der Waals surface area contributed by atoms with Crippen molar-refractivity contribution in [2.45, 2.75) is 0 Å². The smallest absolute Gasteiger partial charge is 0.284 e. The number of amides is 1. The molecule has 0 aliphatic heterocycles. The molecule has 0 saturated heterocycles. The Bertz CT molecular complexity index is 1260. The van der Waals surface area contributed by atoms with Crippen LogP contribution in [0.5, 0.6) is 11.6 Å². The summed E-state index contributed by atoms with van der Waals surface area (Å²) in [5.41, 5.74) is 1.47. The van der Waals surface area contributed by atoms with Gasteiger partial charge in [-0.2, -0.15) is 0 Å². The molecule has 0 atom stereocenters. The highest BCUT2D eigenvalue weighted by atomic mass is 32.1. The maximum atomic E-state index is 12.5. The van der Waals surface area contributed by atoms with Crippen molar-refractivity contribution < 1.29 is 9.53 Å². The SMILES string of the molecule is O=C(Nc1ccc(Oc2ccc(-n3cccc3)nn2)cc1)c1nc2ccccc2s1. The Kier molecular flexibility index (Phi) is 4.66. The second-order valence-electron chi connectivity index (χ2n) is 6.39. The topological polar surface area (TPSA) is 81.9 Å². The van der Waals surface area contributed by atoms with Gasteiger partial charge in [-0.05, 0) is 54.6 Å². The molecule has 0 aliphatic carbocycles. The van der Waals surface area contributed by atoms with Crippen LogP contribution in [-0.2, 0) is 0 Å². The lowest BCUT2D eigenvalue weighted by Gasteiger charge is -2.07. The zero-order valence-electron chi connectivity index (χ0n) is 15.6. The minimum atomic E-state index is -0.240. The Balaban J connectivity index is 1.24. The summed E-state index contributed by atoms with van der Waals surface area (Å²) in [6.45, 7) is 0. The van der Waals surface area contributed by atoms with Crippen LogP contribution in [0.4, 0.5) is 5.69 Å². The zero-order valence-corrected chi connectivity index (χ0v) is 16.4. The van der Waals surface area contributed by atoms with Crippen molar-refractivity contribution in [2.75, 3.05) is 5.32 Å². The monoisotopic (exact) mass is 413 g/mol. The van der Waals surface area contributed by atoms with Crippen LogP contribution in [0.25, 0.3) is 16.0 Å². The van der Waals surface area contributed by atoms with Gasteiger partial charge in [0.15, 0.2) is 10.8 Å². The van der Waals surface area contributed by atoms with Crippen LogP contribution < -0.4 is 10.1 Å². The number of para-hydroxylation sites is 1. The number of carbonyl (C=O) groups excluding carboxylic acids is 1. The van der Waals surface area contributed by atoms with Crippen molar-refractivity contribution in [3.05, 3.63) is 90.2 Å². The minimum absolute atomic E-state index is 0.240. The number of carbonyl (C=O) groups is 1. The number of fused-ring (bicyclic) bond motifs is 1. The van der Waals surface area contributed by atoms with Gasteiger partial charge in [0, 0.05) is 24.1 Å². The number of ether oxygens (including phenoxy) is 1. The highest BCUT2D eigenvalue weighted by Gasteiger charge is 2.12. The van der Waals surface area contributed by atoms with Gasteiger partial charge in [-0.15, -0.1) is 21.5 Å². The van der Waals surface area contributed by atoms with Crippen LogP contribution in [0.1, 0.15) is 9.80 Å². The molecule has 5 aromatic rings. The Labute approximate surface area is 175 Å². The van der Waals surface area contributed by atoms with Crippen LogP contribution in [0.15, 0.2) is 85.2 Å². The highest BCUT2D eigenvalue weighted by Crippen LogP contribution is 2.24. The predicted octanol–water partition coefficient (Wildman–Crippen LogP) is 4.92. The lowest BCUT2D eigenvalue weighted by molar-refractivity contribution is 0.102. The summed E-state index contributed by atoms with van der Waals surface area (Å²) in [4.78, 5) is 16.8. The third-order valence-corrected chi connectivity index (χ3v) is 5.35. The molecule has 0 saturated carbocycles. The maximum Gasteiger partial charge on any atom is 0.284 e. The normalized spacial score (nSPS) is 10.8. The summed E-state index contributed by atoms with van der Waals surface area (Å²) in [5, 5.41) is 11.5. The minimum Gasteiger partial charge on any atom is -0.438 e. The third-order valence-electron chi connectivity index (χ3n) is 4.32. The fourth-order valence-corrected chi connectivity index (χ4v) is 3.73. The van der Waals surface area contributed by atoms with Gasteiger partial charge >= 0.3 is 0 Å². The summed E-state index contributed by atoms with van der Waals surface area (Å²) in [6.07, 6.45) is 3.79. The largest absolute Gasteiger partial charge is 0.438 e. The van der Waals surface area contributed by atoms with Crippen LogP contribution in [-0.4, -0.2) is 25.7 Å². The summed E-state index contributed by atoms with van der Waals surface area (Å²) < 4.78 is 8.57. The van der Waals surface area contributed by atoms with Gasteiger partial charge in [0.2, 0.25) is 5.88 Å². The van der Waals surface area contributed by atoms with Crippen LogP contribution in [0.2, 0.25) is 0 Å². The first kappa shape index (κ1) is 18.0. The van der Waals surface area contributed by atoms with Gasteiger partial charge in [-0.1, -0.05) is 12.1 Å². The summed E-state index contributed by atoms with van der Waals surface area (Å²) in [5.74, 6) is 1.45. The number of nitrogens with one attached hydrogen (secondary N) is 1. The van der Waals surface area contributed by atoms with Crippen molar-refractivity contribution in [2.24, 2.45) is 0 Å². The lowest BCUT2D eigenvalue weighted by atomic mass is 10.3. The standard InChI is InChI=1S/C22H15N5O2S/c28-21(22-24-17-5-1-2-6-18(17)30-22)23-15-7-9-16(10-8-15)29-20-12-11-19(25-26-20)27-13-3-4-14-27/h1-14H,(H,23,28). The average molecular weight is 413 g/mol. The van der Waals surface area contributed by atoms with Gasteiger partial charge in [-0.3, -0.25) is 4.79 Å². The molecule has 146 valence electrons. The van der Waals surface area contributed by atoms with E-state index in [1.807, 2.05) is 59.4 Å². The quantitative estimate of drug-likeness (QED) is 0.442. The molecular formula is C22H15N5O2S. The number of hydrogen-bond donors (Lipinski definition) is 1. The number of thiazole rings is 1. The number of anilines is 1. The molecule has 8 heteroatoms. The third kappa shape index (κ3) is 3.76. The Hall–Kier alpha value is -4.04. The first-order valence-corrected chi connectivity index (χ1v) is 9.98. The van der Waals surface area contributed by atoms with Gasteiger partial charge < -0.3 is 14.6 Å². The first-order valence-electron chi connectivity index (χ1n) is 9.16. The Morgan fingerprint density at radius 1 is 0.900 bits per heavy atom. The number of aromatic nitrogens is 4. The first-order chi connectivity index (χ1) is 14.7. The number of hydrogen-bond acceptors (Lipinski definition) is 6. The zero-order chi connectivity index (χ0) is 20.3. The van der Waals surface area contributed by atoms with Crippen molar-refractivity contribution in [3.63, 3.8) is 0 Å². The molecule has 5 rings (SSSR count). The van der Waals surface area contributed by atoms with Crippen LogP contribution >= 0.6 is 11.3 Å². The molecular weight excluding hydrogens is 398 g/mol. The van der Waals surface area contributed by atoms with Gasteiger partial charge in [0.25, 0.3) is 5.91 Å². The Morgan fingerprint density at radius 2 is 1.70 bits per heavy atom. The molecule has 3 aromatic heterocycles. The van der Waals surface area contributed by atoms with Crippen LogP contribution in [0, 0.1) is 0 Å². The maximum absolute atomic E-state index is 12.5. The van der Waals surface area contributed by atoms with E-state index in [1.54, 1.807) is 30.3 Å². The van der Waals surface area contributed by atoms with E-state index in [-0.39, 0.29) is 5.91 Å². The van der Waals surface area contributed by atoms with E-state index in [0.29, 0.717) is 28.1 Å². The molecule has 0 radical (unpaired) electrons. The summed E-state index contributed by atoms with van der Waals surface area (Å²) in [6, 6.07) is 22.1. The molecule has 1 amide bonds. The number of benzene rings is 2. The molecule has 0 spiro atoms. The van der Waals surface area contributed by atoms with E-state index < -0.39 is 0 Å². The molecule has 30 heavy (non-hydrogen) atoms. The van der Waals surface area contributed by atoms with E-state index in [0.717, 1.165) is 10.2 Å². The molecule has 3 heterocycles. The molecule has 0 aliphatic rings. The fraction of sp³-hybridized carbons (Fsp3) is 0. The molecule has 7 nitrogen and oxygen atoms in total. The van der Waals surface area contributed by atoms with Crippen molar-refractivity contribution in [3.8, 4) is 17.4 Å². The van der Waals surface area contributed by atoms with Crippen molar-refractivity contribution in [1.29, 1.82) is 0 Å². The second-order valence-corrected chi connectivity index (χ2v) is 7.42. The number of nitrogens with zero attached hydrogens (tertiary/aromatic N) is 4. The van der Waals surface area contributed by atoms with E-state index in [2.05, 4.69) is 20.5 Å². The second kappa shape index (κ2) is 7.76. The molecule has 0 bridgehead atoms. The van der Waals surface area contributed by atoms with Crippen molar-refractivity contribution >= 4 is 33.1 Å². The van der Waals surface area contributed by atoms with E-state index in [4.69, 9.17) is 4.74 Å². The average Bonchev–Trinajstić information content (AvgIpc) is 3.46. The fourth-order valence-electron chi connectivity index (χ4n) is 2.87. The summed E-state index contributed by atoms with van der Waals surface area (Å²) >= 11 is 1.36. The highest BCUT2D eigenvalue weighted by molar-refractivity contribution is 7.20. The van der Waals surface area contributed by atoms with Crippen molar-refractivity contribution in [1.82, 2.24) is 19.7 Å². The molecule has 1 N–H and O–H groups in total. The summed E-state index contributed by atoms with van der Waals surface area (Å²) in [7, 11) is 0. The van der Waals surface area contributed by atoms with Gasteiger partial charge in [0.05, 0.1) is 10.2 Å². The van der Waals surface area contributed by atoms with E-state index in [1.165, 1.54) is 11.3 Å². The Morgan fingerprint density at radius 3 is 2.43 bits per heavy atom. The number of rotatable bonds is 5. The van der Waals surface area contributed by atoms with Crippen LogP contribution in [0.3, 0.4) is 0 Å². The van der Waals surface area contributed by atoms with E-state index >= 15 is 0 Å². The molecule has 0 unspecified atom stereocenters.